The maximum atomic E-state index is 13.1. The van der Waals surface area contributed by atoms with Crippen LogP contribution in [0.25, 0.3) is 0 Å². The van der Waals surface area contributed by atoms with Crippen LogP contribution in [0, 0.1) is 17.7 Å². The summed E-state index contributed by atoms with van der Waals surface area (Å²) in [7, 11) is 0. The molecule has 4 rings (SSSR count). The van der Waals surface area contributed by atoms with E-state index in [9.17, 15) is 9.18 Å². The number of likely N-dealkylation sites (N-methyl/N-ethyl adjacent to an activating group) is 1. The number of carbonyl (C=O) groups excluding carboxylic acids is 1. The van der Waals surface area contributed by atoms with E-state index in [2.05, 4.69) is 11.8 Å². The number of amidine groups is 1. The van der Waals surface area contributed by atoms with Gasteiger partial charge in [-0.3, -0.25) is 19.6 Å². The predicted octanol–water partition coefficient (Wildman–Crippen LogP) is 3.08. The zero-order valence-corrected chi connectivity index (χ0v) is 15.0. The van der Waals surface area contributed by atoms with Crippen LogP contribution in [0.1, 0.15) is 38.7 Å². The smallest absolute Gasteiger partial charge is 0.256 e. The van der Waals surface area contributed by atoms with E-state index in [0.717, 1.165) is 50.3 Å². The molecule has 0 unspecified atom stereocenters. The molecule has 3 aliphatic rings. The number of benzene rings is 1. The Hall–Kier alpha value is -1.75. The maximum Gasteiger partial charge on any atom is 0.256 e. The molecule has 1 aromatic rings. The first kappa shape index (κ1) is 16.7. The van der Waals surface area contributed by atoms with Gasteiger partial charge in [0.15, 0.2) is 0 Å². The number of amides is 1. The van der Waals surface area contributed by atoms with E-state index in [1.54, 1.807) is 0 Å². The lowest BCUT2D eigenvalue weighted by Crippen LogP contribution is -2.46. The number of carbonyl (C=O) groups is 1. The second-order valence-corrected chi connectivity index (χ2v) is 7.58. The second kappa shape index (κ2) is 6.20. The Balaban J connectivity index is 1.53. The van der Waals surface area contributed by atoms with E-state index in [1.807, 2.05) is 24.0 Å². The van der Waals surface area contributed by atoms with Gasteiger partial charge < -0.3 is 0 Å². The minimum Gasteiger partial charge on any atom is -0.299 e. The number of aliphatic imine (C=N–C) groups is 1. The van der Waals surface area contributed by atoms with Gasteiger partial charge in [0.1, 0.15) is 17.2 Å². The summed E-state index contributed by atoms with van der Waals surface area (Å²) in [5.74, 6) is 1.85. The highest BCUT2D eigenvalue weighted by Crippen LogP contribution is 2.50. The first-order valence-electron chi connectivity index (χ1n) is 9.45. The molecule has 4 nitrogen and oxygen atoms in total. The summed E-state index contributed by atoms with van der Waals surface area (Å²) in [6.07, 6.45) is 2.79. The molecule has 25 heavy (non-hydrogen) atoms. The summed E-state index contributed by atoms with van der Waals surface area (Å²) < 4.78 is 13.1. The van der Waals surface area contributed by atoms with Crippen LogP contribution in [0.2, 0.25) is 0 Å². The van der Waals surface area contributed by atoms with Gasteiger partial charge in [0.25, 0.3) is 5.91 Å². The van der Waals surface area contributed by atoms with E-state index in [4.69, 9.17) is 4.99 Å². The highest BCUT2D eigenvalue weighted by atomic mass is 19.1. The van der Waals surface area contributed by atoms with E-state index < -0.39 is 5.54 Å². The lowest BCUT2D eigenvalue weighted by molar-refractivity contribution is -0.132. The third-order valence-corrected chi connectivity index (χ3v) is 6.23. The molecule has 134 valence electrons. The maximum absolute atomic E-state index is 13.1. The van der Waals surface area contributed by atoms with Crippen molar-refractivity contribution in [2.24, 2.45) is 16.8 Å². The summed E-state index contributed by atoms with van der Waals surface area (Å²) in [5, 5.41) is 0. The quantitative estimate of drug-likeness (QED) is 0.842. The van der Waals surface area contributed by atoms with Crippen LogP contribution in [0.3, 0.4) is 0 Å². The van der Waals surface area contributed by atoms with Gasteiger partial charge in [-0.25, -0.2) is 4.39 Å². The van der Waals surface area contributed by atoms with Crippen LogP contribution in [0.15, 0.2) is 29.3 Å². The van der Waals surface area contributed by atoms with Crippen LogP contribution in [-0.2, 0) is 11.3 Å². The average molecular weight is 343 g/mol. The van der Waals surface area contributed by atoms with E-state index in [0.29, 0.717) is 18.4 Å². The highest BCUT2D eigenvalue weighted by Gasteiger charge is 2.60. The Kier molecular flexibility index (Phi) is 4.14. The minimum absolute atomic E-state index is 0.196. The van der Waals surface area contributed by atoms with E-state index >= 15 is 0 Å². The zero-order chi connectivity index (χ0) is 17.6. The van der Waals surface area contributed by atoms with Gasteiger partial charge in [-0.05, 0) is 43.4 Å². The molecule has 1 amide bonds. The highest BCUT2D eigenvalue weighted by molar-refractivity contribution is 6.08. The third kappa shape index (κ3) is 2.60. The van der Waals surface area contributed by atoms with E-state index in [-0.39, 0.29) is 11.7 Å². The number of nitrogens with zero attached hydrogens (tertiary/aromatic N) is 3. The molecule has 2 heterocycles. The molecule has 1 saturated carbocycles. The Bertz CT molecular complexity index is 701. The minimum atomic E-state index is -0.510. The fourth-order valence-electron chi connectivity index (χ4n) is 5.05. The molecule has 0 bridgehead atoms. The summed E-state index contributed by atoms with van der Waals surface area (Å²) in [4.78, 5) is 22.4. The molecule has 2 fully saturated rings. The lowest BCUT2D eigenvalue weighted by atomic mass is 9.85. The molecule has 1 spiro atoms. The number of halogens is 1. The molecule has 1 saturated heterocycles. The Morgan fingerprint density at radius 3 is 2.64 bits per heavy atom. The second-order valence-electron chi connectivity index (χ2n) is 7.58. The molecule has 0 aromatic heterocycles. The van der Waals surface area contributed by atoms with Gasteiger partial charge in [0, 0.05) is 38.5 Å². The summed E-state index contributed by atoms with van der Waals surface area (Å²) in [6.45, 7) is 7.56. The van der Waals surface area contributed by atoms with Gasteiger partial charge in [-0.15, -0.1) is 0 Å². The van der Waals surface area contributed by atoms with Crippen molar-refractivity contribution in [1.82, 2.24) is 9.80 Å². The third-order valence-electron chi connectivity index (χ3n) is 6.23. The van der Waals surface area contributed by atoms with Crippen LogP contribution in [0.5, 0.6) is 0 Å². The van der Waals surface area contributed by atoms with Crippen molar-refractivity contribution >= 4 is 11.7 Å². The summed E-state index contributed by atoms with van der Waals surface area (Å²) in [6, 6.07) is 6.74. The van der Waals surface area contributed by atoms with Crippen molar-refractivity contribution in [1.29, 1.82) is 0 Å². The molecule has 1 aromatic carbocycles. The average Bonchev–Trinajstić information content (AvgIpc) is 3.24. The number of hydrogen-bond donors (Lipinski definition) is 0. The first-order valence-corrected chi connectivity index (χ1v) is 9.45. The Morgan fingerprint density at radius 1 is 1.24 bits per heavy atom. The molecular formula is C20H26FN3O. The number of hydrogen-bond acceptors (Lipinski definition) is 3. The van der Waals surface area contributed by atoms with Crippen LogP contribution in [-0.4, -0.2) is 46.7 Å². The van der Waals surface area contributed by atoms with Crippen LogP contribution in [0.4, 0.5) is 4.39 Å². The van der Waals surface area contributed by atoms with Crippen LogP contribution < -0.4 is 0 Å². The zero-order valence-electron chi connectivity index (χ0n) is 15.0. The first-order chi connectivity index (χ1) is 12.1. The standard InChI is InChI=1S/C20H26FN3O/c1-3-18-22-20(19(25)24(18)4-2)10-9-15-12-23(13-17(15)20)11-14-5-7-16(21)8-6-14/h5-8,15,17H,3-4,9-13H2,1-2H3/t15-,17+,20-/m0/s1. The van der Waals surface area contributed by atoms with E-state index in [1.165, 1.54) is 12.1 Å². The fourth-order valence-corrected chi connectivity index (χ4v) is 5.05. The topological polar surface area (TPSA) is 35.9 Å². The molecule has 1 aliphatic carbocycles. The van der Waals surface area contributed by atoms with Crippen molar-refractivity contribution in [3.05, 3.63) is 35.6 Å². The van der Waals surface area contributed by atoms with Crippen molar-refractivity contribution in [3.8, 4) is 0 Å². The van der Waals surface area contributed by atoms with Crippen molar-refractivity contribution in [3.63, 3.8) is 0 Å². The SMILES string of the molecule is CCC1=N[C@]2(CC[C@H]3CN(Cc4ccc(F)cc4)C[C@H]32)C(=O)N1CC. The van der Waals surface area contributed by atoms with Crippen LogP contribution >= 0.6 is 0 Å². The van der Waals surface area contributed by atoms with Gasteiger partial charge in [-0.1, -0.05) is 19.1 Å². The largest absolute Gasteiger partial charge is 0.299 e. The summed E-state index contributed by atoms with van der Waals surface area (Å²) in [5.41, 5.74) is 0.616. The molecular weight excluding hydrogens is 317 g/mol. The number of rotatable bonds is 4. The lowest BCUT2D eigenvalue weighted by Gasteiger charge is -2.28. The Labute approximate surface area is 148 Å². The molecule has 0 radical (unpaired) electrons. The van der Waals surface area contributed by atoms with Gasteiger partial charge >= 0.3 is 0 Å². The molecule has 3 atom stereocenters. The fraction of sp³-hybridized carbons (Fsp3) is 0.600. The molecule has 0 N–H and O–H groups in total. The number of fused-ring (bicyclic) bond motifs is 2. The van der Waals surface area contributed by atoms with Gasteiger partial charge in [0.05, 0.1) is 0 Å². The Morgan fingerprint density at radius 2 is 2.00 bits per heavy atom. The molecule has 2 aliphatic heterocycles. The normalized spacial score (nSPS) is 31.9. The van der Waals surface area contributed by atoms with Gasteiger partial charge in [0.2, 0.25) is 0 Å². The monoisotopic (exact) mass is 343 g/mol. The van der Waals surface area contributed by atoms with Crippen molar-refractivity contribution in [2.75, 3.05) is 19.6 Å². The number of likely N-dealkylation sites (tertiary alicyclic amines) is 1. The van der Waals surface area contributed by atoms with Gasteiger partial charge in [-0.2, -0.15) is 0 Å². The predicted molar refractivity (Wildman–Crippen MR) is 95.7 cm³/mol. The van der Waals surface area contributed by atoms with Crippen molar-refractivity contribution < 1.29 is 9.18 Å². The molecule has 5 heteroatoms. The summed E-state index contributed by atoms with van der Waals surface area (Å²) >= 11 is 0. The van der Waals surface area contributed by atoms with Crippen molar-refractivity contribution in [2.45, 2.75) is 45.2 Å².